The number of hydrogen-bond donors (Lipinski definition) is 2. The van der Waals surface area contributed by atoms with Crippen molar-refractivity contribution in [3.63, 3.8) is 0 Å². The molecule has 1 unspecified atom stereocenters. The summed E-state index contributed by atoms with van der Waals surface area (Å²) in [7, 11) is -3.75. The Hall–Kier alpha value is -2.35. The van der Waals surface area contributed by atoms with Crippen LogP contribution in [0, 0.1) is 0 Å². The van der Waals surface area contributed by atoms with Crippen molar-refractivity contribution in [2.24, 2.45) is 0 Å². The minimum Gasteiger partial charge on any atom is -0.376 e. The van der Waals surface area contributed by atoms with Crippen LogP contribution in [0.2, 0.25) is 5.02 Å². The van der Waals surface area contributed by atoms with Crippen molar-refractivity contribution in [3.05, 3.63) is 65.2 Å². The van der Waals surface area contributed by atoms with Crippen molar-refractivity contribution in [1.82, 2.24) is 5.32 Å². The molecule has 0 radical (unpaired) electrons. The molecule has 2 aromatic rings. The summed E-state index contributed by atoms with van der Waals surface area (Å²) in [6, 6.07) is 12.8. The molecule has 2 N–H and O–H groups in total. The molecule has 0 spiro atoms. The number of benzene rings is 2. The van der Waals surface area contributed by atoms with Gasteiger partial charge in [0.15, 0.2) is 0 Å². The van der Waals surface area contributed by atoms with Gasteiger partial charge >= 0.3 is 0 Å². The Morgan fingerprint density at radius 2 is 1.93 bits per heavy atom. The summed E-state index contributed by atoms with van der Waals surface area (Å²) >= 11 is 6.00. The van der Waals surface area contributed by atoms with Crippen LogP contribution in [0.1, 0.15) is 18.4 Å². The summed E-state index contributed by atoms with van der Waals surface area (Å²) in [5.41, 5.74) is 1.03. The average molecular weight is 421 g/mol. The van der Waals surface area contributed by atoms with Crippen LogP contribution in [0.4, 0.5) is 5.69 Å². The fourth-order valence-corrected chi connectivity index (χ4v) is 4.08. The molecule has 1 aliphatic rings. The quantitative estimate of drug-likeness (QED) is 0.672. The predicted molar refractivity (Wildman–Crippen MR) is 110 cm³/mol. The van der Waals surface area contributed by atoms with Gasteiger partial charge < -0.3 is 10.1 Å². The smallest absolute Gasteiger partial charge is 0.261 e. The molecule has 3 rings (SSSR count). The lowest BCUT2D eigenvalue weighted by Crippen LogP contribution is -2.30. The first-order chi connectivity index (χ1) is 13.4. The summed E-state index contributed by atoms with van der Waals surface area (Å²) in [5, 5.41) is 3.11. The minimum atomic E-state index is -3.75. The van der Waals surface area contributed by atoms with Gasteiger partial charge in [-0.25, -0.2) is 8.42 Å². The van der Waals surface area contributed by atoms with Gasteiger partial charge in [0, 0.05) is 19.2 Å². The van der Waals surface area contributed by atoms with E-state index >= 15 is 0 Å². The third-order valence-corrected chi connectivity index (χ3v) is 5.97. The van der Waals surface area contributed by atoms with Gasteiger partial charge in [-0.2, -0.15) is 0 Å². The molecule has 8 heteroatoms. The molecule has 28 heavy (non-hydrogen) atoms. The molecule has 1 heterocycles. The average Bonchev–Trinajstić information content (AvgIpc) is 3.20. The molecule has 1 amide bonds. The number of anilines is 1. The highest BCUT2D eigenvalue weighted by Crippen LogP contribution is 2.24. The largest absolute Gasteiger partial charge is 0.376 e. The van der Waals surface area contributed by atoms with E-state index in [1.54, 1.807) is 42.5 Å². The fourth-order valence-electron chi connectivity index (χ4n) is 2.76. The third-order valence-electron chi connectivity index (χ3n) is 4.26. The van der Waals surface area contributed by atoms with E-state index in [1.165, 1.54) is 18.2 Å². The van der Waals surface area contributed by atoms with Crippen molar-refractivity contribution in [3.8, 4) is 0 Å². The Morgan fingerprint density at radius 3 is 2.61 bits per heavy atom. The summed E-state index contributed by atoms with van der Waals surface area (Å²) in [4.78, 5) is 12.0. The molecule has 0 saturated carbocycles. The van der Waals surface area contributed by atoms with Crippen molar-refractivity contribution in [1.29, 1.82) is 0 Å². The Balaban J connectivity index is 1.59. The molecule has 1 fully saturated rings. The first-order valence-electron chi connectivity index (χ1n) is 8.89. The first kappa shape index (κ1) is 20.4. The van der Waals surface area contributed by atoms with Gasteiger partial charge in [-0.1, -0.05) is 35.9 Å². The van der Waals surface area contributed by atoms with Gasteiger partial charge in [0.05, 0.1) is 21.7 Å². The minimum absolute atomic E-state index is 0.0902. The van der Waals surface area contributed by atoms with Gasteiger partial charge in [0.2, 0.25) is 5.91 Å². The van der Waals surface area contributed by atoms with Gasteiger partial charge in [-0.15, -0.1) is 0 Å². The molecule has 0 aliphatic carbocycles. The number of rotatable bonds is 7. The van der Waals surface area contributed by atoms with Crippen LogP contribution in [0.5, 0.6) is 0 Å². The van der Waals surface area contributed by atoms with E-state index in [4.69, 9.17) is 16.3 Å². The van der Waals surface area contributed by atoms with Crippen molar-refractivity contribution < 1.29 is 17.9 Å². The van der Waals surface area contributed by atoms with Crippen LogP contribution >= 0.6 is 11.6 Å². The van der Waals surface area contributed by atoms with Crippen LogP contribution in [0.3, 0.4) is 0 Å². The van der Waals surface area contributed by atoms with E-state index in [-0.39, 0.29) is 16.9 Å². The Morgan fingerprint density at radius 1 is 1.18 bits per heavy atom. The number of amides is 1. The van der Waals surface area contributed by atoms with E-state index in [0.29, 0.717) is 22.8 Å². The SMILES string of the molecule is O=C(/C=C/c1ccc(S(=O)(=O)Nc2ccccc2Cl)cc1)NCC1CCCO1. The summed E-state index contributed by atoms with van der Waals surface area (Å²) < 4.78 is 32.9. The highest BCUT2D eigenvalue weighted by Gasteiger charge is 2.16. The molecule has 0 aromatic heterocycles. The molecule has 1 aliphatic heterocycles. The number of hydrogen-bond acceptors (Lipinski definition) is 4. The molecule has 1 saturated heterocycles. The summed E-state index contributed by atoms with van der Waals surface area (Å²) in [6.45, 7) is 1.24. The number of halogens is 1. The summed E-state index contributed by atoms with van der Waals surface area (Å²) in [5.74, 6) is -0.215. The van der Waals surface area contributed by atoms with Gasteiger partial charge in [0.25, 0.3) is 10.0 Å². The maximum absolute atomic E-state index is 12.5. The van der Waals surface area contributed by atoms with Crippen LogP contribution in [0.15, 0.2) is 59.5 Å². The second kappa shape index (κ2) is 9.23. The maximum Gasteiger partial charge on any atom is 0.261 e. The molecular weight excluding hydrogens is 400 g/mol. The Bertz CT molecular complexity index is 952. The number of ether oxygens (including phenoxy) is 1. The van der Waals surface area contributed by atoms with Crippen LogP contribution in [-0.2, 0) is 19.6 Å². The molecule has 1 atom stereocenters. The van der Waals surface area contributed by atoms with Crippen molar-refractivity contribution in [2.75, 3.05) is 17.9 Å². The lowest BCUT2D eigenvalue weighted by molar-refractivity contribution is -0.116. The number of para-hydroxylation sites is 1. The maximum atomic E-state index is 12.5. The first-order valence-corrected chi connectivity index (χ1v) is 10.7. The number of sulfonamides is 1. The van der Waals surface area contributed by atoms with E-state index in [1.807, 2.05) is 0 Å². The van der Waals surface area contributed by atoms with Crippen LogP contribution < -0.4 is 10.0 Å². The Labute approximate surface area is 169 Å². The highest BCUT2D eigenvalue weighted by molar-refractivity contribution is 7.92. The summed E-state index contributed by atoms with van der Waals surface area (Å²) in [6.07, 6.45) is 5.12. The zero-order valence-corrected chi connectivity index (χ0v) is 16.7. The topological polar surface area (TPSA) is 84.5 Å². The number of carbonyl (C=O) groups excluding carboxylic acids is 1. The second-order valence-electron chi connectivity index (χ2n) is 6.37. The zero-order chi connectivity index (χ0) is 20.0. The number of nitrogens with one attached hydrogen (secondary N) is 2. The molecule has 6 nitrogen and oxygen atoms in total. The molecule has 2 aromatic carbocycles. The van der Waals surface area contributed by atoms with E-state index in [0.717, 1.165) is 19.4 Å². The van der Waals surface area contributed by atoms with Crippen molar-refractivity contribution in [2.45, 2.75) is 23.8 Å². The fraction of sp³-hybridized carbons (Fsp3) is 0.250. The van der Waals surface area contributed by atoms with E-state index in [2.05, 4.69) is 10.0 Å². The van der Waals surface area contributed by atoms with E-state index in [9.17, 15) is 13.2 Å². The van der Waals surface area contributed by atoms with Gasteiger partial charge in [-0.05, 0) is 48.7 Å². The highest BCUT2D eigenvalue weighted by atomic mass is 35.5. The van der Waals surface area contributed by atoms with Crippen LogP contribution in [0.25, 0.3) is 6.08 Å². The standard InChI is InChI=1S/C20H21ClN2O4S/c21-18-5-1-2-6-19(18)23-28(25,26)17-10-7-15(8-11-17)9-12-20(24)22-14-16-4-3-13-27-16/h1-2,5-12,16,23H,3-4,13-14H2,(H,22,24)/b12-9+. The van der Waals surface area contributed by atoms with Crippen molar-refractivity contribution >= 4 is 39.3 Å². The Kier molecular flexibility index (Phi) is 6.72. The second-order valence-corrected chi connectivity index (χ2v) is 8.46. The monoisotopic (exact) mass is 420 g/mol. The normalized spacial score (nSPS) is 17.0. The van der Waals surface area contributed by atoms with Gasteiger partial charge in [-0.3, -0.25) is 9.52 Å². The zero-order valence-electron chi connectivity index (χ0n) is 15.1. The lowest BCUT2D eigenvalue weighted by atomic mass is 10.2. The van der Waals surface area contributed by atoms with Crippen LogP contribution in [-0.4, -0.2) is 33.6 Å². The lowest BCUT2D eigenvalue weighted by Gasteiger charge is -2.10. The van der Waals surface area contributed by atoms with Gasteiger partial charge in [0.1, 0.15) is 0 Å². The third kappa shape index (κ3) is 5.58. The number of carbonyl (C=O) groups is 1. The molecular formula is C20H21ClN2O4S. The van der Waals surface area contributed by atoms with E-state index < -0.39 is 10.0 Å². The molecule has 148 valence electrons. The predicted octanol–water partition coefficient (Wildman–Crippen LogP) is 3.45. The molecule has 0 bridgehead atoms.